The molecule has 0 unspecified atom stereocenters. The summed E-state index contributed by atoms with van der Waals surface area (Å²) in [5.74, 6) is -0.719. The van der Waals surface area contributed by atoms with E-state index in [4.69, 9.17) is 20.8 Å². The molecular formula is C23H18ClNO4. The average Bonchev–Trinajstić information content (AvgIpc) is 3.09. The topological polar surface area (TPSA) is 68.5 Å². The number of carbonyl (C=O) groups is 2. The quantitative estimate of drug-likeness (QED) is 0.416. The second kappa shape index (κ2) is 8.37. The number of para-hydroxylation sites is 1. The Balaban J connectivity index is 1.31. The van der Waals surface area contributed by atoms with Gasteiger partial charge in [0.15, 0.2) is 0 Å². The van der Waals surface area contributed by atoms with Gasteiger partial charge < -0.3 is 14.5 Å². The Kier molecular flexibility index (Phi) is 5.49. The first kappa shape index (κ1) is 19.0. The van der Waals surface area contributed by atoms with Gasteiger partial charge in [-0.1, -0.05) is 48.0 Å². The van der Waals surface area contributed by atoms with Crippen LogP contribution in [-0.2, 0) is 20.9 Å². The molecule has 0 radical (unpaired) electrons. The van der Waals surface area contributed by atoms with Crippen molar-refractivity contribution in [2.75, 3.05) is 5.32 Å². The Morgan fingerprint density at radius 1 is 0.897 bits per heavy atom. The first-order valence-corrected chi connectivity index (χ1v) is 9.58. The van der Waals surface area contributed by atoms with E-state index in [1.54, 1.807) is 24.3 Å². The lowest BCUT2D eigenvalue weighted by Crippen LogP contribution is -2.14. The van der Waals surface area contributed by atoms with Gasteiger partial charge in [0, 0.05) is 39.5 Å². The van der Waals surface area contributed by atoms with Crippen molar-refractivity contribution in [3.63, 3.8) is 0 Å². The molecule has 0 bridgehead atoms. The van der Waals surface area contributed by atoms with Gasteiger partial charge in [-0.2, -0.15) is 0 Å². The molecule has 0 aliphatic carbocycles. The number of hydrogen-bond donors (Lipinski definition) is 1. The average molecular weight is 408 g/mol. The van der Waals surface area contributed by atoms with E-state index < -0.39 is 5.97 Å². The molecule has 0 aliphatic rings. The second-order valence-electron chi connectivity index (χ2n) is 6.61. The number of anilines is 1. The van der Waals surface area contributed by atoms with Crippen molar-refractivity contribution in [3.05, 3.63) is 77.3 Å². The predicted octanol–water partition coefficient (Wildman–Crippen LogP) is 5.70. The summed E-state index contributed by atoms with van der Waals surface area (Å²) in [6, 6.07) is 20.4. The molecule has 6 heteroatoms. The van der Waals surface area contributed by atoms with Gasteiger partial charge in [0.1, 0.15) is 17.8 Å². The van der Waals surface area contributed by atoms with E-state index in [-0.39, 0.29) is 25.4 Å². The van der Waals surface area contributed by atoms with Crippen LogP contribution in [0.4, 0.5) is 5.69 Å². The maximum absolute atomic E-state index is 12.2. The summed E-state index contributed by atoms with van der Waals surface area (Å²) >= 11 is 6.03. The van der Waals surface area contributed by atoms with Gasteiger partial charge in [-0.25, -0.2) is 0 Å². The van der Waals surface area contributed by atoms with Crippen LogP contribution in [0.2, 0.25) is 5.02 Å². The first-order chi connectivity index (χ1) is 14.1. The Morgan fingerprint density at radius 2 is 1.66 bits per heavy atom. The summed E-state index contributed by atoms with van der Waals surface area (Å²) in [7, 11) is 0. The van der Waals surface area contributed by atoms with E-state index >= 15 is 0 Å². The molecule has 4 rings (SSSR count). The van der Waals surface area contributed by atoms with Crippen molar-refractivity contribution >= 4 is 51.1 Å². The summed E-state index contributed by atoms with van der Waals surface area (Å²) in [4.78, 5) is 24.1. The van der Waals surface area contributed by atoms with Gasteiger partial charge in [0.05, 0.1) is 6.42 Å². The molecule has 5 nitrogen and oxygen atoms in total. The van der Waals surface area contributed by atoms with E-state index in [0.717, 1.165) is 21.9 Å². The molecule has 29 heavy (non-hydrogen) atoms. The summed E-state index contributed by atoms with van der Waals surface area (Å²) < 4.78 is 11.0. The van der Waals surface area contributed by atoms with Crippen LogP contribution in [0.5, 0.6) is 0 Å². The molecule has 4 aromatic rings. The van der Waals surface area contributed by atoms with Crippen molar-refractivity contribution in [3.8, 4) is 0 Å². The number of amides is 1. The minimum absolute atomic E-state index is 0.0107. The first-order valence-electron chi connectivity index (χ1n) is 9.20. The van der Waals surface area contributed by atoms with Crippen LogP contribution >= 0.6 is 11.6 Å². The van der Waals surface area contributed by atoms with Crippen molar-refractivity contribution in [2.45, 2.75) is 19.4 Å². The molecule has 0 fully saturated rings. The molecule has 3 aromatic carbocycles. The second-order valence-corrected chi connectivity index (χ2v) is 7.02. The molecule has 1 aromatic heterocycles. The maximum Gasteiger partial charge on any atom is 0.306 e. The molecule has 0 spiro atoms. The van der Waals surface area contributed by atoms with E-state index in [1.807, 2.05) is 42.5 Å². The molecule has 1 amide bonds. The van der Waals surface area contributed by atoms with Crippen LogP contribution in [0.15, 0.2) is 71.1 Å². The van der Waals surface area contributed by atoms with Gasteiger partial charge in [-0.05, 0) is 24.3 Å². The summed E-state index contributed by atoms with van der Waals surface area (Å²) in [5, 5.41) is 5.35. The number of rotatable bonds is 6. The van der Waals surface area contributed by atoms with E-state index in [1.165, 1.54) is 0 Å². The van der Waals surface area contributed by atoms with Gasteiger partial charge in [-0.3, -0.25) is 9.59 Å². The number of carbonyl (C=O) groups excluding carboxylic acids is 2. The minimum atomic E-state index is -0.451. The Bertz CT molecular complexity index is 1200. The third-order valence-electron chi connectivity index (χ3n) is 4.57. The highest BCUT2D eigenvalue weighted by Crippen LogP contribution is 2.30. The fourth-order valence-electron chi connectivity index (χ4n) is 3.09. The number of hydrogen-bond acceptors (Lipinski definition) is 4. The summed E-state index contributed by atoms with van der Waals surface area (Å²) in [5.41, 5.74) is 2.84. The molecule has 0 saturated heterocycles. The number of esters is 1. The van der Waals surface area contributed by atoms with Crippen molar-refractivity contribution < 1.29 is 18.7 Å². The van der Waals surface area contributed by atoms with Crippen molar-refractivity contribution in [1.82, 2.24) is 0 Å². The van der Waals surface area contributed by atoms with Crippen molar-refractivity contribution in [2.24, 2.45) is 0 Å². The van der Waals surface area contributed by atoms with Gasteiger partial charge >= 0.3 is 5.97 Å². The zero-order valence-electron chi connectivity index (χ0n) is 15.5. The van der Waals surface area contributed by atoms with Crippen LogP contribution in [0.3, 0.4) is 0 Å². The fourth-order valence-corrected chi connectivity index (χ4v) is 3.28. The summed E-state index contributed by atoms with van der Waals surface area (Å²) in [6.07, 6.45) is 0.0166. The molecule has 0 saturated carbocycles. The van der Waals surface area contributed by atoms with E-state index in [2.05, 4.69) is 5.32 Å². The van der Waals surface area contributed by atoms with Crippen molar-refractivity contribution in [1.29, 1.82) is 0 Å². The lowest BCUT2D eigenvalue weighted by atomic mass is 10.1. The van der Waals surface area contributed by atoms with Gasteiger partial charge in [0.25, 0.3) is 0 Å². The van der Waals surface area contributed by atoms with Crippen LogP contribution in [0, 0.1) is 0 Å². The predicted molar refractivity (Wildman–Crippen MR) is 113 cm³/mol. The number of halogens is 1. The molecule has 0 aliphatic heterocycles. The van der Waals surface area contributed by atoms with Crippen LogP contribution < -0.4 is 5.32 Å². The number of furan rings is 1. The smallest absolute Gasteiger partial charge is 0.306 e. The van der Waals surface area contributed by atoms with E-state index in [9.17, 15) is 9.59 Å². The van der Waals surface area contributed by atoms with E-state index in [0.29, 0.717) is 16.3 Å². The Morgan fingerprint density at radius 3 is 2.52 bits per heavy atom. The SMILES string of the molecule is O=C(CCC(=O)OCc1ccccc1Cl)Nc1ccc2c(c1)oc1ccccc12. The third-order valence-corrected chi connectivity index (χ3v) is 4.93. The zero-order chi connectivity index (χ0) is 20.2. The largest absolute Gasteiger partial charge is 0.461 e. The fraction of sp³-hybridized carbons (Fsp3) is 0.130. The number of fused-ring (bicyclic) bond motifs is 3. The monoisotopic (exact) mass is 407 g/mol. The normalized spacial score (nSPS) is 10.9. The van der Waals surface area contributed by atoms with Gasteiger partial charge in [-0.15, -0.1) is 0 Å². The Labute approximate surface area is 172 Å². The standard InChI is InChI=1S/C23H18ClNO4/c24-19-7-3-1-5-15(19)14-28-23(27)12-11-22(26)25-16-9-10-18-17-6-2-4-8-20(17)29-21(18)13-16/h1-10,13H,11-12,14H2,(H,25,26). The highest BCUT2D eigenvalue weighted by molar-refractivity contribution is 6.31. The highest BCUT2D eigenvalue weighted by Gasteiger charge is 2.11. The molecular weight excluding hydrogens is 390 g/mol. The van der Waals surface area contributed by atoms with Crippen LogP contribution in [-0.4, -0.2) is 11.9 Å². The molecule has 1 heterocycles. The number of ether oxygens (including phenoxy) is 1. The van der Waals surface area contributed by atoms with Gasteiger partial charge in [0.2, 0.25) is 5.91 Å². The molecule has 146 valence electrons. The summed E-state index contributed by atoms with van der Waals surface area (Å²) in [6.45, 7) is 0.0862. The Hall–Kier alpha value is -3.31. The zero-order valence-corrected chi connectivity index (χ0v) is 16.2. The molecule has 0 atom stereocenters. The van der Waals surface area contributed by atoms with Crippen LogP contribution in [0.1, 0.15) is 18.4 Å². The lowest BCUT2D eigenvalue weighted by Gasteiger charge is -2.07. The minimum Gasteiger partial charge on any atom is -0.461 e. The number of nitrogens with one attached hydrogen (secondary N) is 1. The maximum atomic E-state index is 12.2. The number of benzene rings is 3. The lowest BCUT2D eigenvalue weighted by molar-refractivity contribution is -0.145. The molecule has 1 N–H and O–H groups in total. The highest BCUT2D eigenvalue weighted by atomic mass is 35.5. The van der Waals surface area contributed by atoms with Crippen LogP contribution in [0.25, 0.3) is 21.9 Å². The third kappa shape index (κ3) is 4.41.